The van der Waals surface area contributed by atoms with E-state index in [4.69, 9.17) is 4.55 Å². The van der Waals surface area contributed by atoms with Crippen LogP contribution in [0.15, 0.2) is 27.6 Å². The molecule has 0 radical (unpaired) electrons. The molecule has 0 spiro atoms. The second kappa shape index (κ2) is 3.64. The minimum Gasteiger partial charge on any atom is -0.282 e. The van der Waals surface area contributed by atoms with Crippen molar-refractivity contribution in [1.82, 2.24) is 0 Å². The fraction of sp³-hybridized carbons (Fsp3) is 0. The standard InChI is InChI=1S/C6H4BrNO5S/c7-5-3-4(14(11,12)13)1-2-6(5)8(9)10/h1-3H,(H,11,12,13). The molecule has 1 N–H and O–H groups in total. The molecule has 0 heterocycles. The second-order valence-electron chi connectivity index (χ2n) is 2.35. The molecule has 0 aliphatic heterocycles. The van der Waals surface area contributed by atoms with Gasteiger partial charge in [0, 0.05) is 6.07 Å². The molecule has 0 fully saturated rings. The van der Waals surface area contributed by atoms with Gasteiger partial charge in [-0.1, -0.05) is 0 Å². The molecule has 0 saturated heterocycles. The SMILES string of the molecule is O=[N+]([O-])c1ccc(S(=O)(=O)O)cc1Br. The van der Waals surface area contributed by atoms with Crippen LogP contribution in [-0.2, 0) is 10.1 Å². The Bertz CT molecular complexity index is 483. The van der Waals surface area contributed by atoms with Gasteiger partial charge in [0.15, 0.2) is 0 Å². The summed E-state index contributed by atoms with van der Waals surface area (Å²) in [6.07, 6.45) is 0. The Labute approximate surface area is 87.6 Å². The summed E-state index contributed by atoms with van der Waals surface area (Å²) in [4.78, 5) is 9.28. The molecule has 76 valence electrons. The monoisotopic (exact) mass is 281 g/mol. The summed E-state index contributed by atoms with van der Waals surface area (Å²) in [7, 11) is -4.32. The van der Waals surface area contributed by atoms with Crippen molar-refractivity contribution in [3.63, 3.8) is 0 Å². The van der Waals surface area contributed by atoms with Gasteiger partial charge in [-0.05, 0) is 28.1 Å². The number of hydrogen-bond donors (Lipinski definition) is 1. The average Bonchev–Trinajstić information content (AvgIpc) is 2.01. The lowest BCUT2D eigenvalue weighted by Crippen LogP contribution is -1.99. The molecule has 8 heteroatoms. The van der Waals surface area contributed by atoms with E-state index in [1.54, 1.807) is 0 Å². The summed E-state index contributed by atoms with van der Waals surface area (Å²) in [5.41, 5.74) is -0.266. The number of nitro groups is 1. The molecule has 0 aliphatic rings. The van der Waals surface area contributed by atoms with Crippen LogP contribution in [0.4, 0.5) is 5.69 Å². The van der Waals surface area contributed by atoms with Crippen molar-refractivity contribution in [2.24, 2.45) is 0 Å². The van der Waals surface area contributed by atoms with E-state index in [9.17, 15) is 18.5 Å². The van der Waals surface area contributed by atoms with Gasteiger partial charge in [0.1, 0.15) is 0 Å². The molecule has 6 nitrogen and oxygen atoms in total. The average molecular weight is 282 g/mol. The van der Waals surface area contributed by atoms with Gasteiger partial charge in [-0.2, -0.15) is 8.42 Å². The van der Waals surface area contributed by atoms with Crippen LogP contribution in [0.5, 0.6) is 0 Å². The third kappa shape index (κ3) is 2.28. The molecule has 0 saturated carbocycles. The highest BCUT2D eigenvalue weighted by molar-refractivity contribution is 9.10. The highest BCUT2D eigenvalue weighted by Gasteiger charge is 2.16. The van der Waals surface area contributed by atoms with Crippen LogP contribution in [0, 0.1) is 10.1 Å². The third-order valence-corrected chi connectivity index (χ3v) is 2.90. The van der Waals surface area contributed by atoms with E-state index in [1.165, 1.54) is 0 Å². The molecule has 0 unspecified atom stereocenters. The maximum atomic E-state index is 10.6. The summed E-state index contributed by atoms with van der Waals surface area (Å²) in [5.74, 6) is 0. The lowest BCUT2D eigenvalue weighted by Gasteiger charge is -1.98. The van der Waals surface area contributed by atoms with Crippen LogP contribution < -0.4 is 0 Å². The number of nitro benzene ring substituents is 1. The second-order valence-corrected chi connectivity index (χ2v) is 4.62. The Morgan fingerprint density at radius 2 is 2.00 bits per heavy atom. The summed E-state index contributed by atoms with van der Waals surface area (Å²) in [6.45, 7) is 0. The molecule has 1 aromatic carbocycles. The molecular weight excluding hydrogens is 278 g/mol. The van der Waals surface area contributed by atoms with E-state index in [0.29, 0.717) is 0 Å². The van der Waals surface area contributed by atoms with Gasteiger partial charge in [-0.15, -0.1) is 0 Å². The van der Waals surface area contributed by atoms with Gasteiger partial charge in [0.25, 0.3) is 15.8 Å². The molecule has 0 aromatic heterocycles. The van der Waals surface area contributed by atoms with Gasteiger partial charge in [-0.3, -0.25) is 14.7 Å². The van der Waals surface area contributed by atoms with E-state index >= 15 is 0 Å². The molecule has 1 aromatic rings. The van der Waals surface area contributed by atoms with E-state index in [1.807, 2.05) is 0 Å². The highest BCUT2D eigenvalue weighted by Crippen LogP contribution is 2.27. The number of benzene rings is 1. The molecule has 0 atom stereocenters. The topological polar surface area (TPSA) is 97.5 Å². The zero-order chi connectivity index (χ0) is 10.9. The molecule has 0 amide bonds. The van der Waals surface area contributed by atoms with Gasteiger partial charge < -0.3 is 0 Å². The third-order valence-electron chi connectivity index (χ3n) is 1.41. The Morgan fingerprint density at radius 3 is 2.36 bits per heavy atom. The van der Waals surface area contributed by atoms with Crippen molar-refractivity contribution in [3.8, 4) is 0 Å². The number of halogens is 1. The first-order valence-electron chi connectivity index (χ1n) is 3.24. The van der Waals surface area contributed by atoms with Gasteiger partial charge >= 0.3 is 0 Å². The Kier molecular flexibility index (Phi) is 2.88. The van der Waals surface area contributed by atoms with Crippen molar-refractivity contribution in [2.75, 3.05) is 0 Å². The van der Waals surface area contributed by atoms with Crippen LogP contribution in [0.25, 0.3) is 0 Å². The Balaban J connectivity index is 3.34. The van der Waals surface area contributed by atoms with E-state index in [0.717, 1.165) is 18.2 Å². The van der Waals surface area contributed by atoms with E-state index in [2.05, 4.69) is 15.9 Å². The Morgan fingerprint density at radius 1 is 1.43 bits per heavy atom. The van der Waals surface area contributed by atoms with Crippen LogP contribution in [0.1, 0.15) is 0 Å². The van der Waals surface area contributed by atoms with Crippen LogP contribution >= 0.6 is 15.9 Å². The normalized spacial score (nSPS) is 11.3. The first-order valence-corrected chi connectivity index (χ1v) is 5.47. The minimum atomic E-state index is -4.32. The zero-order valence-electron chi connectivity index (χ0n) is 6.55. The maximum absolute atomic E-state index is 10.6. The predicted molar refractivity (Wildman–Crippen MR) is 50.6 cm³/mol. The fourth-order valence-corrected chi connectivity index (χ4v) is 1.98. The lowest BCUT2D eigenvalue weighted by molar-refractivity contribution is -0.385. The van der Waals surface area contributed by atoms with Gasteiger partial charge in [0.05, 0.1) is 14.3 Å². The Hall–Kier alpha value is -0.990. The molecular formula is C6H4BrNO5S. The van der Waals surface area contributed by atoms with E-state index in [-0.39, 0.29) is 10.2 Å². The lowest BCUT2D eigenvalue weighted by atomic mass is 10.3. The maximum Gasteiger partial charge on any atom is 0.294 e. The fourth-order valence-electron chi connectivity index (χ4n) is 0.796. The largest absolute Gasteiger partial charge is 0.294 e. The number of rotatable bonds is 2. The smallest absolute Gasteiger partial charge is 0.282 e. The predicted octanol–water partition coefficient (Wildman–Crippen LogP) is 1.60. The molecule has 0 aliphatic carbocycles. The van der Waals surface area contributed by atoms with Crippen molar-refractivity contribution in [1.29, 1.82) is 0 Å². The quantitative estimate of drug-likeness (QED) is 0.504. The first kappa shape index (κ1) is 11.1. The number of hydrogen-bond acceptors (Lipinski definition) is 4. The molecule has 0 bridgehead atoms. The van der Waals surface area contributed by atoms with Crippen molar-refractivity contribution < 1.29 is 17.9 Å². The zero-order valence-corrected chi connectivity index (χ0v) is 8.95. The van der Waals surface area contributed by atoms with Gasteiger partial charge in [0.2, 0.25) is 0 Å². The van der Waals surface area contributed by atoms with Crippen molar-refractivity contribution >= 4 is 31.7 Å². The summed E-state index contributed by atoms with van der Waals surface area (Å²) < 4.78 is 29.9. The van der Waals surface area contributed by atoms with Crippen LogP contribution in [-0.4, -0.2) is 17.9 Å². The summed E-state index contributed by atoms with van der Waals surface area (Å²) >= 11 is 2.82. The summed E-state index contributed by atoms with van der Waals surface area (Å²) in [5, 5.41) is 10.3. The van der Waals surface area contributed by atoms with E-state index < -0.39 is 19.9 Å². The number of nitrogens with zero attached hydrogens (tertiary/aromatic N) is 1. The van der Waals surface area contributed by atoms with Crippen molar-refractivity contribution in [3.05, 3.63) is 32.8 Å². The highest BCUT2D eigenvalue weighted by atomic mass is 79.9. The first-order chi connectivity index (χ1) is 6.32. The van der Waals surface area contributed by atoms with Gasteiger partial charge in [-0.25, -0.2) is 0 Å². The van der Waals surface area contributed by atoms with Crippen LogP contribution in [0.2, 0.25) is 0 Å². The van der Waals surface area contributed by atoms with Crippen LogP contribution in [0.3, 0.4) is 0 Å². The molecule has 1 rings (SSSR count). The molecule has 14 heavy (non-hydrogen) atoms. The summed E-state index contributed by atoms with van der Waals surface area (Å²) in [6, 6.07) is 2.92. The van der Waals surface area contributed by atoms with Crippen molar-refractivity contribution in [2.45, 2.75) is 4.90 Å². The minimum absolute atomic E-state index is 0.00220.